The Kier molecular flexibility index (Phi) is 5.22. The van der Waals surface area contributed by atoms with Crippen LogP contribution in [0.4, 0.5) is 0 Å². The molecule has 0 amide bonds. The molecule has 1 unspecified atom stereocenters. The van der Waals surface area contributed by atoms with Crippen molar-refractivity contribution in [2.24, 2.45) is 5.73 Å². The van der Waals surface area contributed by atoms with Gasteiger partial charge in [0, 0.05) is 11.6 Å². The molecule has 0 aliphatic heterocycles. The summed E-state index contributed by atoms with van der Waals surface area (Å²) >= 11 is 6.25. The topological polar surface area (TPSA) is 56.3 Å². The fraction of sp³-hybridized carbons (Fsp3) is 0.400. The van der Waals surface area contributed by atoms with Crippen molar-refractivity contribution in [3.05, 3.63) is 46.7 Å². The maximum absolute atomic E-state index is 6.41. The lowest BCUT2D eigenvalue weighted by Crippen LogP contribution is -2.23. The molecule has 0 aliphatic carbocycles. The smallest absolute Gasteiger partial charge is 0.161 e. The second-order valence-corrected chi connectivity index (χ2v) is 5.53. The maximum Gasteiger partial charge on any atom is 0.161 e. The number of benzene rings is 1. The van der Waals surface area contributed by atoms with E-state index in [0.29, 0.717) is 10.8 Å². The highest BCUT2D eigenvalue weighted by Crippen LogP contribution is 2.31. The Morgan fingerprint density at radius 1 is 1.38 bits per heavy atom. The van der Waals surface area contributed by atoms with Gasteiger partial charge in [-0.05, 0) is 25.7 Å². The van der Waals surface area contributed by atoms with Gasteiger partial charge in [-0.25, -0.2) is 0 Å². The highest BCUT2D eigenvalue weighted by molar-refractivity contribution is 6.31. The van der Waals surface area contributed by atoms with E-state index in [-0.39, 0.29) is 6.04 Å². The molecule has 0 spiro atoms. The zero-order valence-electron chi connectivity index (χ0n) is 12.6. The van der Waals surface area contributed by atoms with Gasteiger partial charge in [0.2, 0.25) is 0 Å². The molecule has 1 aromatic heterocycles. The average molecular weight is 309 g/mol. The Bertz CT molecular complexity index is 597. The van der Waals surface area contributed by atoms with Crippen molar-refractivity contribution in [1.82, 2.24) is 14.7 Å². The molecule has 1 atom stereocenters. The zero-order valence-corrected chi connectivity index (χ0v) is 13.3. The molecular weight excluding hydrogens is 288 g/mol. The normalized spacial score (nSPS) is 12.7. The zero-order chi connectivity index (χ0) is 15.4. The van der Waals surface area contributed by atoms with Crippen LogP contribution in [0.15, 0.2) is 30.5 Å². The predicted molar refractivity (Wildman–Crippen MR) is 84.8 cm³/mol. The van der Waals surface area contributed by atoms with Crippen LogP contribution in [0.3, 0.4) is 0 Å². The molecule has 21 heavy (non-hydrogen) atoms. The fourth-order valence-corrected chi connectivity index (χ4v) is 2.45. The van der Waals surface area contributed by atoms with E-state index in [1.807, 2.05) is 43.0 Å². The summed E-state index contributed by atoms with van der Waals surface area (Å²) in [5.41, 5.74) is 8.11. The van der Waals surface area contributed by atoms with Crippen molar-refractivity contribution in [2.75, 3.05) is 27.7 Å². The van der Waals surface area contributed by atoms with E-state index < -0.39 is 0 Å². The summed E-state index contributed by atoms with van der Waals surface area (Å²) in [5, 5.41) is 5.02. The number of likely N-dealkylation sites (N-methyl/N-ethyl adjacent to an activating group) is 1. The number of hydrogen-bond acceptors (Lipinski definition) is 4. The summed E-state index contributed by atoms with van der Waals surface area (Å²) in [7, 11) is 5.67. The molecule has 0 radical (unpaired) electrons. The van der Waals surface area contributed by atoms with Gasteiger partial charge in [-0.2, -0.15) is 5.10 Å². The van der Waals surface area contributed by atoms with Crippen LogP contribution in [0.25, 0.3) is 0 Å². The number of hydrogen-bond donors (Lipinski definition) is 1. The van der Waals surface area contributed by atoms with E-state index in [2.05, 4.69) is 10.00 Å². The third-order valence-corrected chi connectivity index (χ3v) is 3.70. The quantitative estimate of drug-likeness (QED) is 0.888. The number of aromatic nitrogens is 2. The number of ether oxygens (including phenoxy) is 1. The first-order valence-corrected chi connectivity index (χ1v) is 7.16. The summed E-state index contributed by atoms with van der Waals surface area (Å²) in [6, 6.07) is 7.20. The van der Waals surface area contributed by atoms with Crippen LogP contribution < -0.4 is 10.5 Å². The van der Waals surface area contributed by atoms with Crippen LogP contribution >= 0.6 is 11.6 Å². The van der Waals surface area contributed by atoms with Crippen molar-refractivity contribution in [2.45, 2.75) is 12.6 Å². The van der Waals surface area contributed by atoms with Crippen LogP contribution in [0.2, 0.25) is 5.02 Å². The standard InChI is InChI=1S/C15H21ClN4O/c1-19(2)8-9-20-15(13(21-3)10-18-20)14(17)11-6-4-5-7-12(11)16/h4-7,10,14H,8-9,17H2,1-3H3. The van der Waals surface area contributed by atoms with Gasteiger partial charge in [-0.3, -0.25) is 4.68 Å². The first-order chi connectivity index (χ1) is 10.0. The third-order valence-electron chi connectivity index (χ3n) is 3.36. The lowest BCUT2D eigenvalue weighted by molar-refractivity contribution is 0.363. The van der Waals surface area contributed by atoms with Crippen LogP contribution in [-0.4, -0.2) is 42.4 Å². The van der Waals surface area contributed by atoms with Gasteiger partial charge < -0.3 is 15.4 Å². The monoisotopic (exact) mass is 308 g/mol. The van der Waals surface area contributed by atoms with Crippen molar-refractivity contribution < 1.29 is 4.74 Å². The van der Waals surface area contributed by atoms with Gasteiger partial charge in [-0.1, -0.05) is 29.8 Å². The molecule has 0 bridgehead atoms. The Labute approximate surface area is 130 Å². The second kappa shape index (κ2) is 6.93. The van der Waals surface area contributed by atoms with Crippen LogP contribution in [0.5, 0.6) is 5.75 Å². The van der Waals surface area contributed by atoms with Crippen LogP contribution in [0.1, 0.15) is 17.3 Å². The highest BCUT2D eigenvalue weighted by atomic mass is 35.5. The van der Waals surface area contributed by atoms with Crippen LogP contribution in [-0.2, 0) is 6.54 Å². The van der Waals surface area contributed by atoms with Gasteiger partial charge in [-0.15, -0.1) is 0 Å². The lowest BCUT2D eigenvalue weighted by Gasteiger charge is -2.18. The molecule has 2 rings (SSSR count). The van der Waals surface area contributed by atoms with E-state index in [1.54, 1.807) is 13.3 Å². The van der Waals surface area contributed by atoms with E-state index in [1.165, 1.54) is 0 Å². The van der Waals surface area contributed by atoms with Crippen molar-refractivity contribution in [3.63, 3.8) is 0 Å². The molecule has 0 fully saturated rings. The molecule has 1 heterocycles. The SMILES string of the molecule is COc1cnn(CCN(C)C)c1C(N)c1ccccc1Cl. The van der Waals surface area contributed by atoms with Crippen molar-refractivity contribution in [3.8, 4) is 5.75 Å². The molecule has 114 valence electrons. The molecule has 0 saturated carbocycles. The van der Waals surface area contributed by atoms with Gasteiger partial charge in [0.25, 0.3) is 0 Å². The van der Waals surface area contributed by atoms with Gasteiger partial charge in [0.1, 0.15) is 5.69 Å². The Hall–Kier alpha value is -1.56. The number of nitrogens with two attached hydrogens (primary N) is 1. The lowest BCUT2D eigenvalue weighted by atomic mass is 10.0. The molecule has 0 saturated heterocycles. The number of halogens is 1. The first-order valence-electron chi connectivity index (χ1n) is 6.79. The van der Waals surface area contributed by atoms with E-state index in [4.69, 9.17) is 22.1 Å². The third kappa shape index (κ3) is 3.56. The summed E-state index contributed by atoms with van der Waals surface area (Å²) < 4.78 is 7.28. The molecule has 6 heteroatoms. The van der Waals surface area contributed by atoms with Gasteiger partial charge in [0.15, 0.2) is 5.75 Å². The average Bonchev–Trinajstić information content (AvgIpc) is 2.87. The number of nitrogens with zero attached hydrogens (tertiary/aromatic N) is 3. The van der Waals surface area contributed by atoms with Crippen LogP contribution in [0, 0.1) is 0 Å². The number of rotatable bonds is 6. The summed E-state index contributed by atoms with van der Waals surface area (Å²) in [6.45, 7) is 1.61. The maximum atomic E-state index is 6.41. The molecule has 2 aromatic rings. The minimum atomic E-state index is -0.377. The van der Waals surface area contributed by atoms with E-state index >= 15 is 0 Å². The van der Waals surface area contributed by atoms with E-state index in [0.717, 1.165) is 24.3 Å². The minimum Gasteiger partial charge on any atom is -0.493 e. The Morgan fingerprint density at radius 3 is 2.71 bits per heavy atom. The summed E-state index contributed by atoms with van der Waals surface area (Å²) in [4.78, 5) is 2.10. The second-order valence-electron chi connectivity index (χ2n) is 5.12. The molecule has 2 N–H and O–H groups in total. The summed E-state index contributed by atoms with van der Waals surface area (Å²) in [5.74, 6) is 0.682. The summed E-state index contributed by atoms with van der Waals surface area (Å²) in [6.07, 6.45) is 1.70. The predicted octanol–water partition coefficient (Wildman–Crippen LogP) is 2.15. The highest BCUT2D eigenvalue weighted by Gasteiger charge is 2.22. The molecule has 0 aliphatic rings. The fourth-order valence-electron chi connectivity index (χ4n) is 2.20. The van der Waals surface area contributed by atoms with Crippen molar-refractivity contribution >= 4 is 11.6 Å². The molecular formula is C15H21ClN4O. The van der Waals surface area contributed by atoms with Crippen molar-refractivity contribution in [1.29, 1.82) is 0 Å². The van der Waals surface area contributed by atoms with Gasteiger partial charge >= 0.3 is 0 Å². The largest absolute Gasteiger partial charge is 0.493 e. The Morgan fingerprint density at radius 2 is 2.10 bits per heavy atom. The first kappa shape index (κ1) is 15.8. The Balaban J connectivity index is 2.36. The van der Waals surface area contributed by atoms with Gasteiger partial charge in [0.05, 0.1) is 25.9 Å². The molecule has 5 nitrogen and oxygen atoms in total. The van der Waals surface area contributed by atoms with E-state index in [9.17, 15) is 0 Å². The molecule has 1 aromatic carbocycles. The number of methoxy groups -OCH3 is 1. The minimum absolute atomic E-state index is 0.377.